The molecule has 4 atom stereocenters. The van der Waals surface area contributed by atoms with E-state index in [1.54, 1.807) is 0 Å². The Morgan fingerprint density at radius 3 is 2.38 bits per heavy atom. The monoisotopic (exact) mass is 347 g/mol. The molecule has 2 aromatic carbocycles. The summed E-state index contributed by atoms with van der Waals surface area (Å²) in [5.41, 5.74) is 2.27. The number of carbonyl (C=O) groups is 1. The van der Waals surface area contributed by atoms with Gasteiger partial charge in [-0.05, 0) is 30.9 Å². The molecule has 2 aliphatic heterocycles. The van der Waals surface area contributed by atoms with Crippen molar-refractivity contribution in [3.05, 3.63) is 83.9 Å². The predicted octanol–water partition coefficient (Wildman–Crippen LogP) is 4.51. The number of ether oxygens (including phenoxy) is 1. The molecule has 5 rings (SSSR count). The molecule has 1 fully saturated rings. The molecule has 3 unspecified atom stereocenters. The molecular weight excluding hydrogens is 322 g/mol. The average molecular weight is 347 g/mol. The Labute approximate surface area is 155 Å². The fourth-order valence-electron chi connectivity index (χ4n) is 4.31. The topological polar surface area (TPSA) is 29.5 Å². The maximum absolute atomic E-state index is 13.0. The number of hydrogen-bond acceptors (Lipinski definition) is 3. The lowest BCUT2D eigenvalue weighted by Gasteiger charge is -2.49. The zero-order valence-electron chi connectivity index (χ0n) is 15.1. The van der Waals surface area contributed by atoms with Crippen LogP contribution in [0.3, 0.4) is 0 Å². The van der Waals surface area contributed by atoms with Gasteiger partial charge in [0.05, 0.1) is 0 Å². The molecule has 26 heavy (non-hydrogen) atoms. The SMILES string of the molecule is C[C@H](c1ccccc1)N1C2C=CC(CC2)C1C(=O)OCc1ccccc1. The summed E-state index contributed by atoms with van der Waals surface area (Å²) in [5, 5.41) is 0. The molecule has 0 amide bonds. The highest BCUT2D eigenvalue weighted by Crippen LogP contribution is 2.40. The second kappa shape index (κ2) is 7.46. The van der Waals surface area contributed by atoms with Crippen molar-refractivity contribution < 1.29 is 9.53 Å². The molecule has 0 saturated carbocycles. The van der Waals surface area contributed by atoms with E-state index in [0.29, 0.717) is 12.6 Å². The van der Waals surface area contributed by atoms with Crippen molar-refractivity contribution in [3.8, 4) is 0 Å². The normalized spacial score (nSPS) is 25.8. The quantitative estimate of drug-likeness (QED) is 0.589. The lowest BCUT2D eigenvalue weighted by Crippen LogP contribution is -2.57. The summed E-state index contributed by atoms with van der Waals surface area (Å²) in [6.07, 6.45) is 6.66. The van der Waals surface area contributed by atoms with Crippen LogP contribution < -0.4 is 0 Å². The number of carbonyl (C=O) groups excluding carboxylic acids is 1. The van der Waals surface area contributed by atoms with Gasteiger partial charge in [-0.15, -0.1) is 0 Å². The minimum Gasteiger partial charge on any atom is -0.460 e. The second-order valence-electron chi connectivity index (χ2n) is 7.27. The van der Waals surface area contributed by atoms with Crippen molar-refractivity contribution in [1.82, 2.24) is 4.90 Å². The number of piperidine rings is 1. The summed E-state index contributed by atoms with van der Waals surface area (Å²) in [6.45, 7) is 2.53. The zero-order valence-corrected chi connectivity index (χ0v) is 15.1. The van der Waals surface area contributed by atoms with E-state index in [1.165, 1.54) is 5.56 Å². The van der Waals surface area contributed by atoms with Crippen molar-refractivity contribution in [2.45, 2.75) is 44.5 Å². The predicted molar refractivity (Wildman–Crippen MR) is 102 cm³/mol. The molecule has 134 valence electrons. The van der Waals surface area contributed by atoms with Crippen molar-refractivity contribution in [2.24, 2.45) is 5.92 Å². The number of hydrogen-bond donors (Lipinski definition) is 0. The van der Waals surface area contributed by atoms with Crippen molar-refractivity contribution >= 4 is 5.97 Å². The summed E-state index contributed by atoms with van der Waals surface area (Å²) in [4.78, 5) is 15.4. The largest absolute Gasteiger partial charge is 0.460 e. The second-order valence-corrected chi connectivity index (χ2v) is 7.27. The number of fused-ring (bicyclic) bond motifs is 2. The lowest BCUT2D eigenvalue weighted by molar-refractivity contribution is -0.158. The van der Waals surface area contributed by atoms with E-state index in [2.05, 4.69) is 48.2 Å². The van der Waals surface area contributed by atoms with E-state index in [4.69, 9.17) is 4.74 Å². The van der Waals surface area contributed by atoms with Gasteiger partial charge >= 0.3 is 5.97 Å². The lowest BCUT2D eigenvalue weighted by atomic mass is 9.78. The van der Waals surface area contributed by atoms with Crippen LogP contribution in [0.4, 0.5) is 0 Å². The van der Waals surface area contributed by atoms with Gasteiger partial charge in [-0.25, -0.2) is 0 Å². The third-order valence-corrected chi connectivity index (χ3v) is 5.68. The Morgan fingerprint density at radius 1 is 1.04 bits per heavy atom. The van der Waals surface area contributed by atoms with Crippen LogP contribution in [0.1, 0.15) is 36.9 Å². The van der Waals surface area contributed by atoms with Gasteiger partial charge < -0.3 is 4.74 Å². The molecule has 3 nitrogen and oxygen atoms in total. The Bertz CT molecular complexity index is 771. The minimum absolute atomic E-state index is 0.101. The third-order valence-electron chi connectivity index (χ3n) is 5.68. The van der Waals surface area contributed by atoms with Crippen LogP contribution >= 0.6 is 0 Å². The first kappa shape index (κ1) is 17.0. The molecule has 2 bridgehead atoms. The Balaban J connectivity index is 1.54. The fraction of sp³-hybridized carbons (Fsp3) is 0.348. The molecule has 1 saturated heterocycles. The first-order valence-electron chi connectivity index (χ1n) is 9.45. The molecule has 0 radical (unpaired) electrons. The van der Waals surface area contributed by atoms with E-state index >= 15 is 0 Å². The van der Waals surface area contributed by atoms with Gasteiger partial charge in [-0.3, -0.25) is 9.69 Å². The van der Waals surface area contributed by atoms with Gasteiger partial charge in [-0.2, -0.15) is 0 Å². The Kier molecular flexibility index (Phi) is 4.89. The molecule has 0 aromatic heterocycles. The van der Waals surface area contributed by atoms with E-state index in [0.717, 1.165) is 18.4 Å². The van der Waals surface area contributed by atoms with Crippen LogP contribution in [0.2, 0.25) is 0 Å². The van der Waals surface area contributed by atoms with Gasteiger partial charge in [0.25, 0.3) is 0 Å². The minimum atomic E-state index is -0.197. The van der Waals surface area contributed by atoms with Gasteiger partial charge in [0.2, 0.25) is 0 Å². The standard InChI is InChI=1S/C23H25NO2/c1-17(19-10-6-3-7-11-19)24-21-14-12-20(13-15-21)22(24)23(25)26-16-18-8-4-2-5-9-18/h2-12,14,17,20-22H,13,15-16H2,1H3/t17-,20?,21?,22?/m1/s1. The number of benzene rings is 2. The molecule has 3 heteroatoms. The summed E-state index contributed by atoms with van der Waals surface area (Å²) in [5.74, 6) is 0.144. The maximum atomic E-state index is 13.0. The van der Waals surface area contributed by atoms with Gasteiger partial charge in [-0.1, -0.05) is 72.8 Å². The highest BCUT2D eigenvalue weighted by molar-refractivity contribution is 5.77. The molecule has 0 N–H and O–H groups in total. The van der Waals surface area contributed by atoms with Gasteiger partial charge in [0.15, 0.2) is 0 Å². The fourth-order valence-corrected chi connectivity index (χ4v) is 4.31. The smallest absolute Gasteiger partial charge is 0.324 e. The number of rotatable bonds is 5. The number of nitrogens with zero attached hydrogens (tertiary/aromatic N) is 1. The highest BCUT2D eigenvalue weighted by Gasteiger charge is 2.45. The van der Waals surface area contributed by atoms with E-state index in [1.807, 2.05) is 36.4 Å². The Morgan fingerprint density at radius 2 is 1.73 bits per heavy atom. The van der Waals surface area contributed by atoms with Gasteiger partial charge in [0.1, 0.15) is 12.6 Å². The van der Waals surface area contributed by atoms with Crippen LogP contribution in [0.5, 0.6) is 0 Å². The van der Waals surface area contributed by atoms with Crippen LogP contribution in [0.25, 0.3) is 0 Å². The maximum Gasteiger partial charge on any atom is 0.324 e. The van der Waals surface area contributed by atoms with E-state index < -0.39 is 0 Å². The molecule has 2 heterocycles. The summed E-state index contributed by atoms with van der Waals surface area (Å²) in [7, 11) is 0. The molecule has 0 spiro atoms. The first-order chi connectivity index (χ1) is 12.7. The van der Waals surface area contributed by atoms with Crippen LogP contribution in [0.15, 0.2) is 72.8 Å². The third kappa shape index (κ3) is 3.32. The summed E-state index contributed by atoms with van der Waals surface area (Å²) >= 11 is 0. The molecule has 1 aliphatic carbocycles. The highest BCUT2D eigenvalue weighted by atomic mass is 16.5. The molecule has 2 aromatic rings. The molecule has 3 aliphatic rings. The average Bonchev–Trinajstić information content (AvgIpc) is 2.73. The van der Waals surface area contributed by atoms with Crippen molar-refractivity contribution in [1.29, 1.82) is 0 Å². The Hall–Kier alpha value is -2.39. The van der Waals surface area contributed by atoms with E-state index in [-0.39, 0.29) is 24.0 Å². The van der Waals surface area contributed by atoms with Crippen LogP contribution in [-0.4, -0.2) is 23.0 Å². The molecular formula is C23H25NO2. The number of esters is 1. The van der Waals surface area contributed by atoms with Gasteiger partial charge in [0, 0.05) is 18.0 Å². The van der Waals surface area contributed by atoms with Crippen molar-refractivity contribution in [3.63, 3.8) is 0 Å². The zero-order chi connectivity index (χ0) is 17.9. The van der Waals surface area contributed by atoms with Crippen molar-refractivity contribution in [2.75, 3.05) is 0 Å². The summed E-state index contributed by atoms with van der Waals surface area (Å²) in [6, 6.07) is 20.6. The van der Waals surface area contributed by atoms with Crippen LogP contribution in [-0.2, 0) is 16.1 Å². The first-order valence-corrected chi connectivity index (χ1v) is 9.45. The summed E-state index contributed by atoms with van der Waals surface area (Å²) < 4.78 is 5.72. The van der Waals surface area contributed by atoms with Crippen LogP contribution in [0, 0.1) is 5.92 Å². The van der Waals surface area contributed by atoms with E-state index in [9.17, 15) is 4.79 Å².